The number of β-amino-alcohol motifs (C(OH)–C–C–N with tert-alkyl or cyclic N) is 1. The summed E-state index contributed by atoms with van der Waals surface area (Å²) in [7, 11) is 0. The Morgan fingerprint density at radius 3 is 2.19 bits per heavy atom. The van der Waals surface area contributed by atoms with Crippen molar-refractivity contribution < 1.29 is 19.1 Å². The summed E-state index contributed by atoms with van der Waals surface area (Å²) in [5.74, 6) is -0.842. The Morgan fingerprint density at radius 2 is 1.55 bits per heavy atom. The third-order valence-corrected chi connectivity index (χ3v) is 6.77. The number of carbonyl (C=O) groups is 2. The summed E-state index contributed by atoms with van der Waals surface area (Å²) >= 11 is 8.98. The summed E-state index contributed by atoms with van der Waals surface area (Å²) in [6.07, 6.45) is -0.692. The highest BCUT2D eigenvalue weighted by Gasteiger charge is 2.39. The van der Waals surface area contributed by atoms with Crippen LogP contribution in [0.1, 0.15) is 20.7 Å². The number of amides is 2. The number of nitrogens with zero attached hydrogens (tertiary/aromatic N) is 3. The number of aliphatic hydroxyl groups excluding tert-OH is 1. The summed E-state index contributed by atoms with van der Waals surface area (Å²) in [5, 5.41) is 11.2. The maximum Gasteiger partial charge on any atom is 0.254 e. The van der Waals surface area contributed by atoms with Crippen LogP contribution in [0, 0.1) is 5.82 Å². The molecule has 9 heteroatoms. The van der Waals surface area contributed by atoms with Crippen molar-refractivity contribution in [2.24, 2.45) is 0 Å². The van der Waals surface area contributed by atoms with Gasteiger partial charge in [-0.2, -0.15) is 0 Å². The highest BCUT2D eigenvalue weighted by molar-refractivity contribution is 9.10. The van der Waals surface area contributed by atoms with Gasteiger partial charge in [-0.15, -0.1) is 0 Å². The van der Waals surface area contributed by atoms with Gasteiger partial charge in [0.1, 0.15) is 5.82 Å². The van der Waals surface area contributed by atoms with E-state index < -0.39 is 11.9 Å². The largest absolute Gasteiger partial charge is 0.390 e. The third kappa shape index (κ3) is 4.77. The van der Waals surface area contributed by atoms with Crippen LogP contribution in [-0.2, 0) is 0 Å². The van der Waals surface area contributed by atoms with Crippen molar-refractivity contribution in [1.29, 1.82) is 0 Å². The first-order valence-electron chi connectivity index (χ1n) is 10.0. The van der Waals surface area contributed by atoms with Gasteiger partial charge < -0.3 is 14.9 Å². The minimum absolute atomic E-state index is 0.0441. The normalized spacial score (nSPS) is 22.1. The molecule has 164 valence electrons. The maximum atomic E-state index is 13.8. The van der Waals surface area contributed by atoms with E-state index in [-0.39, 0.29) is 30.0 Å². The van der Waals surface area contributed by atoms with Crippen LogP contribution < -0.4 is 0 Å². The number of likely N-dealkylation sites (tertiary alicyclic amines) is 1. The number of carbonyl (C=O) groups excluding carboxylic acids is 2. The summed E-state index contributed by atoms with van der Waals surface area (Å²) in [6, 6.07) is 10.9. The molecular formula is C22H22BrClFN3O3. The van der Waals surface area contributed by atoms with Gasteiger partial charge in [-0.25, -0.2) is 4.39 Å². The highest BCUT2D eigenvalue weighted by atomic mass is 79.9. The second-order valence-corrected chi connectivity index (χ2v) is 9.10. The molecule has 6 nitrogen and oxygen atoms in total. The van der Waals surface area contributed by atoms with Crippen molar-refractivity contribution in [2.75, 3.05) is 39.3 Å². The van der Waals surface area contributed by atoms with Crippen LogP contribution in [0.5, 0.6) is 0 Å². The smallest absolute Gasteiger partial charge is 0.254 e. The number of halogens is 3. The number of hydrogen-bond acceptors (Lipinski definition) is 4. The van der Waals surface area contributed by atoms with Crippen molar-refractivity contribution >= 4 is 39.3 Å². The fourth-order valence-electron chi connectivity index (χ4n) is 4.14. The number of benzene rings is 2. The Kier molecular flexibility index (Phi) is 6.62. The molecular weight excluding hydrogens is 489 g/mol. The number of piperazine rings is 1. The van der Waals surface area contributed by atoms with Crippen molar-refractivity contribution in [3.8, 4) is 0 Å². The van der Waals surface area contributed by atoms with E-state index in [1.807, 2.05) is 0 Å². The topological polar surface area (TPSA) is 64.1 Å². The van der Waals surface area contributed by atoms with Crippen molar-refractivity contribution in [1.82, 2.24) is 14.7 Å². The first-order chi connectivity index (χ1) is 14.8. The van der Waals surface area contributed by atoms with Gasteiger partial charge in [0.25, 0.3) is 11.8 Å². The zero-order valence-corrected chi connectivity index (χ0v) is 19.0. The molecule has 4 rings (SSSR count). The maximum absolute atomic E-state index is 13.8. The van der Waals surface area contributed by atoms with Gasteiger partial charge in [0, 0.05) is 55.4 Å². The number of rotatable bonds is 3. The summed E-state index contributed by atoms with van der Waals surface area (Å²) in [4.78, 5) is 30.9. The van der Waals surface area contributed by atoms with Gasteiger partial charge in [0.2, 0.25) is 0 Å². The molecule has 2 aromatic rings. The van der Waals surface area contributed by atoms with E-state index in [9.17, 15) is 19.1 Å². The molecule has 2 amide bonds. The zero-order chi connectivity index (χ0) is 22.1. The fraction of sp³-hybridized carbons (Fsp3) is 0.364. The molecule has 2 aliphatic heterocycles. The molecule has 2 aromatic carbocycles. The quantitative estimate of drug-likeness (QED) is 0.690. The summed E-state index contributed by atoms with van der Waals surface area (Å²) < 4.78 is 14.1. The predicted octanol–water partition coefficient (Wildman–Crippen LogP) is 2.88. The number of hydrogen-bond donors (Lipinski definition) is 1. The van der Waals surface area contributed by atoms with Crippen LogP contribution in [0.2, 0.25) is 5.02 Å². The molecule has 0 saturated carbocycles. The molecule has 0 aromatic heterocycles. The lowest BCUT2D eigenvalue weighted by Gasteiger charge is -2.38. The fourth-order valence-corrected chi connectivity index (χ4v) is 4.51. The Bertz CT molecular complexity index is 982. The molecule has 2 fully saturated rings. The molecule has 31 heavy (non-hydrogen) atoms. The van der Waals surface area contributed by atoms with Gasteiger partial charge in [-0.3, -0.25) is 14.5 Å². The standard InChI is InChI=1S/C22H22BrClFN3O3/c23-17-6-3-15(11-18(17)25)22(31)28-12-19(20(29)13-28)26-7-9-27(10-8-26)21(30)14-1-4-16(24)5-2-14/h1-6,11,19-20,29H,7-10,12-13H2. The molecule has 1 N–H and O–H groups in total. The molecule has 2 atom stereocenters. The number of aliphatic hydroxyl groups is 1. The van der Waals surface area contributed by atoms with Crippen LogP contribution in [0.15, 0.2) is 46.9 Å². The van der Waals surface area contributed by atoms with Crippen molar-refractivity contribution in [2.45, 2.75) is 12.1 Å². The molecule has 0 radical (unpaired) electrons. The average Bonchev–Trinajstić information content (AvgIpc) is 3.17. The lowest BCUT2D eigenvalue weighted by Crippen LogP contribution is -2.54. The minimum Gasteiger partial charge on any atom is -0.390 e. The lowest BCUT2D eigenvalue weighted by atomic mass is 10.1. The molecule has 2 unspecified atom stereocenters. The van der Waals surface area contributed by atoms with Crippen LogP contribution in [0.4, 0.5) is 4.39 Å². The molecule has 2 saturated heterocycles. The van der Waals surface area contributed by atoms with E-state index >= 15 is 0 Å². The summed E-state index contributed by atoms with van der Waals surface area (Å²) in [6.45, 7) is 2.85. The lowest BCUT2D eigenvalue weighted by molar-refractivity contribution is 0.0376. The van der Waals surface area contributed by atoms with Gasteiger partial charge in [-0.1, -0.05) is 11.6 Å². The molecule has 0 bridgehead atoms. The predicted molar refractivity (Wildman–Crippen MR) is 119 cm³/mol. The van der Waals surface area contributed by atoms with Crippen LogP contribution in [0.3, 0.4) is 0 Å². The van der Waals surface area contributed by atoms with Crippen molar-refractivity contribution in [3.05, 3.63) is 68.9 Å². The minimum atomic E-state index is -0.692. The Hall–Kier alpha value is -2.00. The highest BCUT2D eigenvalue weighted by Crippen LogP contribution is 2.23. The molecule has 0 aliphatic carbocycles. The Labute approximate surface area is 193 Å². The van der Waals surface area contributed by atoms with Crippen LogP contribution >= 0.6 is 27.5 Å². The van der Waals surface area contributed by atoms with Crippen LogP contribution in [-0.4, -0.2) is 83.0 Å². The van der Waals surface area contributed by atoms with E-state index in [2.05, 4.69) is 20.8 Å². The molecule has 0 spiro atoms. The van der Waals surface area contributed by atoms with E-state index in [4.69, 9.17) is 11.6 Å². The molecule has 2 heterocycles. The van der Waals surface area contributed by atoms with Gasteiger partial charge in [0.05, 0.1) is 16.6 Å². The zero-order valence-electron chi connectivity index (χ0n) is 16.7. The van der Waals surface area contributed by atoms with E-state index in [1.54, 1.807) is 40.1 Å². The summed E-state index contributed by atoms with van der Waals surface area (Å²) in [5.41, 5.74) is 0.851. The Balaban J connectivity index is 1.35. The Morgan fingerprint density at radius 1 is 0.935 bits per heavy atom. The van der Waals surface area contributed by atoms with E-state index in [1.165, 1.54) is 12.1 Å². The second-order valence-electron chi connectivity index (χ2n) is 7.81. The van der Waals surface area contributed by atoms with E-state index in [0.717, 1.165) is 0 Å². The second kappa shape index (κ2) is 9.24. The molecule has 2 aliphatic rings. The average molecular weight is 511 g/mol. The van der Waals surface area contributed by atoms with Crippen LogP contribution in [0.25, 0.3) is 0 Å². The third-order valence-electron chi connectivity index (χ3n) is 5.87. The van der Waals surface area contributed by atoms with Gasteiger partial charge >= 0.3 is 0 Å². The monoisotopic (exact) mass is 509 g/mol. The van der Waals surface area contributed by atoms with Gasteiger partial charge in [0.15, 0.2) is 0 Å². The first kappa shape index (κ1) is 22.2. The van der Waals surface area contributed by atoms with E-state index in [0.29, 0.717) is 47.8 Å². The first-order valence-corrected chi connectivity index (χ1v) is 11.2. The van der Waals surface area contributed by atoms with Crippen molar-refractivity contribution in [3.63, 3.8) is 0 Å². The SMILES string of the molecule is O=C(c1ccc(Cl)cc1)N1CCN(C2CN(C(=O)c3ccc(Br)c(F)c3)CC2O)CC1. The van der Waals surface area contributed by atoms with Gasteiger partial charge in [-0.05, 0) is 58.4 Å².